The monoisotopic (exact) mass is 395 g/mol. The molecule has 0 unspecified atom stereocenters. The Balaban J connectivity index is 1.43. The highest BCUT2D eigenvalue weighted by Crippen LogP contribution is 2.19. The standard InChI is InChI=1S/C18H19Cl2N3OS/c19-15-3-1-2-14(10-15)12-25-13-18(24)23-8-6-22(7-9-23)17-5-4-16(20)11-21-17/h1-5,10-11H,6-9,12-13H2. The van der Waals surface area contributed by atoms with Gasteiger partial charge in [0.2, 0.25) is 5.91 Å². The normalized spacial score (nSPS) is 14.6. The Morgan fingerprint density at radius 1 is 1.08 bits per heavy atom. The van der Waals surface area contributed by atoms with Gasteiger partial charge in [0.05, 0.1) is 10.8 Å². The lowest BCUT2D eigenvalue weighted by atomic mass is 10.2. The highest BCUT2D eigenvalue weighted by molar-refractivity contribution is 7.99. The van der Waals surface area contributed by atoms with E-state index in [1.807, 2.05) is 41.3 Å². The molecule has 0 radical (unpaired) electrons. The summed E-state index contributed by atoms with van der Waals surface area (Å²) < 4.78 is 0. The zero-order valence-electron chi connectivity index (χ0n) is 13.7. The van der Waals surface area contributed by atoms with Crippen LogP contribution in [0, 0.1) is 0 Å². The Hall–Kier alpha value is -1.43. The van der Waals surface area contributed by atoms with Gasteiger partial charge in [0.1, 0.15) is 5.82 Å². The predicted molar refractivity (Wildman–Crippen MR) is 106 cm³/mol. The van der Waals surface area contributed by atoms with E-state index in [-0.39, 0.29) is 5.91 Å². The average Bonchev–Trinajstić information content (AvgIpc) is 2.62. The number of carbonyl (C=O) groups is 1. The number of hydrogen-bond donors (Lipinski definition) is 0. The van der Waals surface area contributed by atoms with E-state index in [4.69, 9.17) is 23.2 Å². The van der Waals surface area contributed by atoms with Gasteiger partial charge < -0.3 is 9.80 Å². The summed E-state index contributed by atoms with van der Waals surface area (Å²) in [6.07, 6.45) is 1.65. The van der Waals surface area contributed by atoms with Crippen molar-refractivity contribution in [3.05, 3.63) is 58.2 Å². The SMILES string of the molecule is O=C(CSCc1cccc(Cl)c1)N1CCN(c2ccc(Cl)cn2)CC1. The third-order valence-corrected chi connectivity index (χ3v) is 5.50. The molecule has 0 atom stereocenters. The van der Waals surface area contributed by atoms with Crippen molar-refractivity contribution in [2.75, 3.05) is 36.8 Å². The van der Waals surface area contributed by atoms with Crippen LogP contribution < -0.4 is 4.90 Å². The number of thioether (sulfide) groups is 1. The molecule has 0 aliphatic carbocycles. The molecule has 0 saturated carbocycles. The molecule has 2 heterocycles. The van der Waals surface area contributed by atoms with Crippen LogP contribution in [0.15, 0.2) is 42.6 Å². The molecule has 1 aliphatic heterocycles. The summed E-state index contributed by atoms with van der Waals surface area (Å²) in [4.78, 5) is 20.8. The molecule has 0 N–H and O–H groups in total. The van der Waals surface area contributed by atoms with Crippen LogP contribution in [-0.4, -0.2) is 47.7 Å². The summed E-state index contributed by atoms with van der Waals surface area (Å²) >= 11 is 13.5. The fraction of sp³-hybridized carbons (Fsp3) is 0.333. The van der Waals surface area contributed by atoms with Crippen molar-refractivity contribution in [2.45, 2.75) is 5.75 Å². The summed E-state index contributed by atoms with van der Waals surface area (Å²) in [5.74, 6) is 2.38. The van der Waals surface area contributed by atoms with E-state index < -0.39 is 0 Å². The van der Waals surface area contributed by atoms with Gasteiger partial charge in [0.15, 0.2) is 0 Å². The van der Waals surface area contributed by atoms with E-state index in [0.29, 0.717) is 10.8 Å². The van der Waals surface area contributed by atoms with E-state index >= 15 is 0 Å². The highest BCUT2D eigenvalue weighted by atomic mass is 35.5. The van der Waals surface area contributed by atoms with Gasteiger partial charge in [-0.3, -0.25) is 4.79 Å². The topological polar surface area (TPSA) is 36.4 Å². The van der Waals surface area contributed by atoms with Crippen LogP contribution in [0.5, 0.6) is 0 Å². The van der Waals surface area contributed by atoms with Crippen molar-refractivity contribution in [2.24, 2.45) is 0 Å². The number of piperazine rings is 1. The third-order valence-electron chi connectivity index (χ3n) is 4.05. The molecule has 1 aliphatic rings. The van der Waals surface area contributed by atoms with E-state index in [1.54, 1.807) is 18.0 Å². The largest absolute Gasteiger partial charge is 0.353 e. The number of pyridine rings is 1. The molecule has 2 aromatic rings. The molecule has 1 aromatic carbocycles. The Bertz CT molecular complexity index is 719. The maximum atomic E-state index is 12.4. The number of anilines is 1. The van der Waals surface area contributed by atoms with Crippen LogP contribution in [0.2, 0.25) is 10.0 Å². The Morgan fingerprint density at radius 3 is 2.56 bits per heavy atom. The lowest BCUT2D eigenvalue weighted by molar-refractivity contribution is -0.128. The summed E-state index contributed by atoms with van der Waals surface area (Å²) in [7, 11) is 0. The van der Waals surface area contributed by atoms with Gasteiger partial charge in [-0.1, -0.05) is 35.3 Å². The third kappa shape index (κ3) is 5.27. The van der Waals surface area contributed by atoms with E-state index in [9.17, 15) is 4.79 Å². The quantitative estimate of drug-likeness (QED) is 0.767. The van der Waals surface area contributed by atoms with E-state index in [1.165, 1.54) is 0 Å². The number of amides is 1. The zero-order chi connectivity index (χ0) is 17.6. The lowest BCUT2D eigenvalue weighted by Gasteiger charge is -2.35. The Kier molecular flexibility index (Phi) is 6.45. The first-order valence-electron chi connectivity index (χ1n) is 8.08. The molecule has 0 bridgehead atoms. The number of benzene rings is 1. The minimum atomic E-state index is 0.191. The molecule has 1 saturated heterocycles. The van der Waals surface area contributed by atoms with Crippen molar-refractivity contribution in [3.63, 3.8) is 0 Å². The van der Waals surface area contributed by atoms with Crippen molar-refractivity contribution in [1.29, 1.82) is 0 Å². The first kappa shape index (κ1) is 18.4. The smallest absolute Gasteiger partial charge is 0.232 e. The van der Waals surface area contributed by atoms with Gasteiger partial charge in [-0.15, -0.1) is 11.8 Å². The second kappa shape index (κ2) is 8.79. The Labute approximate surface area is 162 Å². The number of halogens is 2. The van der Waals surface area contributed by atoms with Gasteiger partial charge in [-0.25, -0.2) is 4.98 Å². The molecule has 1 fully saturated rings. The molecule has 1 aromatic heterocycles. The van der Waals surface area contributed by atoms with E-state index in [2.05, 4.69) is 9.88 Å². The van der Waals surface area contributed by atoms with Crippen molar-refractivity contribution in [1.82, 2.24) is 9.88 Å². The van der Waals surface area contributed by atoms with Crippen molar-refractivity contribution >= 4 is 46.7 Å². The first-order chi connectivity index (χ1) is 12.1. The maximum Gasteiger partial charge on any atom is 0.232 e. The van der Waals surface area contributed by atoms with Crippen molar-refractivity contribution < 1.29 is 4.79 Å². The molecule has 0 spiro atoms. The van der Waals surface area contributed by atoms with Gasteiger partial charge in [0, 0.05) is 43.2 Å². The second-order valence-electron chi connectivity index (χ2n) is 5.83. The molecule has 1 amide bonds. The molecular weight excluding hydrogens is 377 g/mol. The number of aromatic nitrogens is 1. The van der Waals surface area contributed by atoms with Crippen molar-refractivity contribution in [3.8, 4) is 0 Å². The minimum Gasteiger partial charge on any atom is -0.353 e. The van der Waals surface area contributed by atoms with E-state index in [0.717, 1.165) is 48.3 Å². The van der Waals surface area contributed by atoms with Crippen LogP contribution >= 0.6 is 35.0 Å². The molecule has 3 rings (SSSR count). The van der Waals surface area contributed by atoms with Crippen LogP contribution in [-0.2, 0) is 10.5 Å². The van der Waals surface area contributed by atoms with Gasteiger partial charge >= 0.3 is 0 Å². The predicted octanol–water partition coefficient (Wildman–Crippen LogP) is 3.97. The van der Waals surface area contributed by atoms with Crippen LogP contribution in [0.3, 0.4) is 0 Å². The lowest BCUT2D eigenvalue weighted by Crippen LogP contribution is -2.49. The van der Waals surface area contributed by atoms with Gasteiger partial charge in [-0.05, 0) is 29.8 Å². The number of rotatable bonds is 5. The van der Waals surface area contributed by atoms with Gasteiger partial charge in [0.25, 0.3) is 0 Å². The fourth-order valence-electron chi connectivity index (χ4n) is 2.71. The van der Waals surface area contributed by atoms with Gasteiger partial charge in [-0.2, -0.15) is 0 Å². The maximum absolute atomic E-state index is 12.4. The van der Waals surface area contributed by atoms with Crippen LogP contribution in [0.25, 0.3) is 0 Å². The highest BCUT2D eigenvalue weighted by Gasteiger charge is 2.21. The average molecular weight is 396 g/mol. The fourth-order valence-corrected chi connectivity index (χ4v) is 3.91. The summed E-state index contributed by atoms with van der Waals surface area (Å²) in [5.41, 5.74) is 1.14. The number of hydrogen-bond acceptors (Lipinski definition) is 4. The van der Waals surface area contributed by atoms with Crippen LogP contribution in [0.4, 0.5) is 5.82 Å². The summed E-state index contributed by atoms with van der Waals surface area (Å²) in [6, 6.07) is 11.5. The molecular formula is C18H19Cl2N3OS. The minimum absolute atomic E-state index is 0.191. The summed E-state index contributed by atoms with van der Waals surface area (Å²) in [5, 5.41) is 1.37. The van der Waals surface area contributed by atoms with Crippen LogP contribution in [0.1, 0.15) is 5.56 Å². The number of carbonyl (C=O) groups excluding carboxylic acids is 1. The molecule has 4 nitrogen and oxygen atoms in total. The molecule has 7 heteroatoms. The second-order valence-corrected chi connectivity index (χ2v) is 7.68. The first-order valence-corrected chi connectivity index (χ1v) is 9.99. The number of nitrogens with zero attached hydrogens (tertiary/aromatic N) is 3. The molecule has 132 valence electrons. The molecule has 25 heavy (non-hydrogen) atoms. The summed E-state index contributed by atoms with van der Waals surface area (Å²) in [6.45, 7) is 3.03. The Morgan fingerprint density at radius 2 is 1.88 bits per heavy atom. The zero-order valence-corrected chi connectivity index (χ0v) is 16.0.